The van der Waals surface area contributed by atoms with Crippen molar-refractivity contribution in [1.82, 2.24) is 5.32 Å². The highest BCUT2D eigenvalue weighted by molar-refractivity contribution is 8.03. The van der Waals surface area contributed by atoms with Crippen molar-refractivity contribution in [2.75, 3.05) is 5.75 Å². The number of nitrogens with one attached hydrogen (secondary N) is 1. The highest BCUT2D eigenvalue weighted by atomic mass is 35.5. The van der Waals surface area contributed by atoms with Crippen molar-refractivity contribution in [3.05, 3.63) is 56.7 Å². The third-order valence-electron chi connectivity index (χ3n) is 3.99. The van der Waals surface area contributed by atoms with Crippen molar-refractivity contribution in [3.8, 4) is 6.07 Å². The molecule has 1 N–H and O–H groups in total. The molecule has 2 rings (SSSR count). The molecule has 0 bridgehead atoms. The molecule has 0 spiro atoms. The summed E-state index contributed by atoms with van der Waals surface area (Å²) in [6, 6.07) is 9.73. The number of nitrogens with zero attached hydrogens (tertiary/aromatic N) is 1. The number of rotatable bonds is 6. The average Bonchev–Trinajstić information content (AvgIpc) is 2.54. The fourth-order valence-corrected chi connectivity index (χ4v) is 4.26. The van der Waals surface area contributed by atoms with E-state index in [1.54, 1.807) is 17.8 Å². The minimum atomic E-state index is -0.411. The highest BCUT2D eigenvalue weighted by Gasteiger charge is 2.33. The Morgan fingerprint density at radius 1 is 1.42 bits per heavy atom. The maximum absolute atomic E-state index is 12.3. The number of carbonyl (C=O) groups is 1. The number of hydrogen-bond acceptors (Lipinski definition) is 4. The van der Waals surface area contributed by atoms with E-state index in [1.807, 2.05) is 25.1 Å². The van der Waals surface area contributed by atoms with Crippen LogP contribution < -0.4 is 5.32 Å². The fraction of sp³-hybridized carbons (Fsp3) is 0.368. The molecule has 0 saturated carbocycles. The molecule has 0 fully saturated rings. The van der Waals surface area contributed by atoms with Gasteiger partial charge < -0.3 is 5.32 Å². The Hall–Kier alpha value is -1.70. The van der Waals surface area contributed by atoms with Crippen LogP contribution in [-0.4, -0.2) is 11.5 Å². The first-order valence-corrected chi connectivity index (χ1v) is 9.37. The first-order chi connectivity index (χ1) is 11.5. The van der Waals surface area contributed by atoms with Gasteiger partial charge in [-0.1, -0.05) is 43.1 Å². The lowest BCUT2D eigenvalue weighted by molar-refractivity contribution is -0.113. The number of thioether (sulfide) groups is 1. The Kier molecular flexibility index (Phi) is 6.53. The molecule has 0 aromatic heterocycles. The summed E-state index contributed by atoms with van der Waals surface area (Å²) in [7, 11) is 0. The SMILES string of the molecule is CCCCSC1=C(C#N)[C@H](c2ccccc2Cl)C(C(C)=O)=C(C)N1. The van der Waals surface area contributed by atoms with Gasteiger partial charge in [-0.2, -0.15) is 5.26 Å². The molecule has 24 heavy (non-hydrogen) atoms. The molecule has 1 aliphatic heterocycles. The van der Waals surface area contributed by atoms with Crippen molar-refractivity contribution in [1.29, 1.82) is 5.26 Å². The summed E-state index contributed by atoms with van der Waals surface area (Å²) < 4.78 is 0. The van der Waals surface area contributed by atoms with Gasteiger partial charge in [-0.15, -0.1) is 11.8 Å². The van der Waals surface area contributed by atoms with Gasteiger partial charge in [-0.05, 0) is 37.7 Å². The van der Waals surface area contributed by atoms with Gasteiger partial charge in [0.1, 0.15) is 0 Å². The number of halogens is 1. The summed E-state index contributed by atoms with van der Waals surface area (Å²) in [5.41, 5.74) is 2.78. The van der Waals surface area contributed by atoms with Crippen LogP contribution in [0.15, 0.2) is 46.1 Å². The first-order valence-electron chi connectivity index (χ1n) is 8.01. The van der Waals surface area contributed by atoms with Gasteiger partial charge in [0.25, 0.3) is 0 Å². The lowest BCUT2D eigenvalue weighted by atomic mass is 9.81. The standard InChI is InChI=1S/C19H21ClN2OS/c1-4-5-10-24-19-15(11-21)18(14-8-6-7-9-16(14)20)17(13(3)23)12(2)22-19/h6-9,18,22H,4-5,10H2,1-3H3/t18-/m0/s1. The molecule has 1 aromatic carbocycles. The van der Waals surface area contributed by atoms with E-state index in [1.165, 1.54) is 6.92 Å². The predicted octanol–water partition coefficient (Wildman–Crippen LogP) is 5.16. The van der Waals surface area contributed by atoms with Crippen LogP contribution in [0.25, 0.3) is 0 Å². The van der Waals surface area contributed by atoms with Crippen LogP contribution >= 0.6 is 23.4 Å². The van der Waals surface area contributed by atoms with Gasteiger partial charge in [0, 0.05) is 16.3 Å². The van der Waals surface area contributed by atoms with Crippen LogP contribution in [0.2, 0.25) is 5.02 Å². The molecule has 1 atom stereocenters. The lowest BCUT2D eigenvalue weighted by Crippen LogP contribution is -2.27. The van der Waals surface area contributed by atoms with Crippen LogP contribution in [0.4, 0.5) is 0 Å². The summed E-state index contributed by atoms with van der Waals surface area (Å²) in [5.74, 6) is 0.476. The maximum Gasteiger partial charge on any atom is 0.158 e. The fourth-order valence-electron chi connectivity index (χ4n) is 2.83. The van der Waals surface area contributed by atoms with E-state index in [4.69, 9.17) is 11.6 Å². The minimum absolute atomic E-state index is 0.0460. The van der Waals surface area contributed by atoms with E-state index in [0.29, 0.717) is 16.2 Å². The van der Waals surface area contributed by atoms with E-state index >= 15 is 0 Å². The zero-order valence-corrected chi connectivity index (χ0v) is 15.7. The van der Waals surface area contributed by atoms with Gasteiger partial charge in [-0.3, -0.25) is 4.79 Å². The molecule has 0 amide bonds. The summed E-state index contributed by atoms with van der Waals surface area (Å²) in [5, 5.41) is 14.5. The average molecular weight is 361 g/mol. The number of hydrogen-bond donors (Lipinski definition) is 1. The van der Waals surface area contributed by atoms with Gasteiger partial charge in [0.15, 0.2) is 5.78 Å². The van der Waals surface area contributed by atoms with Crippen molar-refractivity contribution in [3.63, 3.8) is 0 Å². The van der Waals surface area contributed by atoms with Gasteiger partial charge in [-0.25, -0.2) is 0 Å². The summed E-state index contributed by atoms with van der Waals surface area (Å²) in [6.45, 7) is 5.56. The summed E-state index contributed by atoms with van der Waals surface area (Å²) in [4.78, 5) is 12.3. The number of Topliss-reactive ketones (excluding diaryl/α,β-unsaturated/α-hetero) is 1. The van der Waals surface area contributed by atoms with E-state index in [9.17, 15) is 10.1 Å². The summed E-state index contributed by atoms with van der Waals surface area (Å²) in [6.07, 6.45) is 2.18. The van der Waals surface area contributed by atoms with Gasteiger partial charge in [0.05, 0.1) is 22.6 Å². The van der Waals surface area contributed by atoms with E-state index in [-0.39, 0.29) is 5.78 Å². The van der Waals surface area contributed by atoms with E-state index < -0.39 is 5.92 Å². The van der Waals surface area contributed by atoms with Crippen LogP contribution in [0, 0.1) is 11.3 Å². The smallest absolute Gasteiger partial charge is 0.158 e. The Morgan fingerprint density at radius 3 is 2.71 bits per heavy atom. The normalized spacial score (nSPS) is 17.5. The molecule has 3 nitrogen and oxygen atoms in total. The molecule has 1 aliphatic rings. The summed E-state index contributed by atoms with van der Waals surface area (Å²) >= 11 is 8.01. The maximum atomic E-state index is 12.3. The monoisotopic (exact) mass is 360 g/mol. The van der Waals surface area contributed by atoms with Crippen LogP contribution in [0.1, 0.15) is 45.1 Å². The molecule has 1 aromatic rings. The second kappa shape index (κ2) is 8.41. The minimum Gasteiger partial charge on any atom is -0.353 e. The molecule has 0 radical (unpaired) electrons. The number of unbranched alkanes of at least 4 members (excludes halogenated alkanes) is 1. The zero-order chi connectivity index (χ0) is 17.7. The number of ketones is 1. The number of allylic oxidation sites excluding steroid dienone is 3. The Balaban J connectivity index is 2.57. The third kappa shape index (κ3) is 3.85. The molecule has 126 valence electrons. The number of benzene rings is 1. The molecule has 0 unspecified atom stereocenters. The van der Waals surface area contributed by atoms with Crippen LogP contribution in [-0.2, 0) is 4.79 Å². The van der Waals surface area contributed by atoms with Gasteiger partial charge in [0.2, 0.25) is 0 Å². The zero-order valence-electron chi connectivity index (χ0n) is 14.1. The predicted molar refractivity (Wildman–Crippen MR) is 101 cm³/mol. The Labute approximate surface area is 152 Å². The largest absolute Gasteiger partial charge is 0.353 e. The quantitative estimate of drug-likeness (QED) is 0.712. The Morgan fingerprint density at radius 2 is 2.12 bits per heavy atom. The number of nitriles is 1. The lowest BCUT2D eigenvalue weighted by Gasteiger charge is -2.29. The number of carbonyl (C=O) groups excluding carboxylic acids is 1. The molecular weight excluding hydrogens is 340 g/mol. The van der Waals surface area contributed by atoms with Crippen molar-refractivity contribution >= 4 is 29.1 Å². The van der Waals surface area contributed by atoms with Crippen LogP contribution in [0.3, 0.4) is 0 Å². The Bertz CT molecular complexity index is 746. The number of dihydropyridines is 1. The van der Waals surface area contributed by atoms with Crippen LogP contribution in [0.5, 0.6) is 0 Å². The van der Waals surface area contributed by atoms with Gasteiger partial charge >= 0.3 is 0 Å². The second-order valence-corrected chi connectivity index (χ2v) is 7.24. The third-order valence-corrected chi connectivity index (χ3v) is 5.43. The molecule has 5 heteroatoms. The van der Waals surface area contributed by atoms with E-state index in [0.717, 1.165) is 34.9 Å². The molecular formula is C19H21ClN2OS. The second-order valence-electron chi connectivity index (χ2n) is 5.73. The molecule has 1 heterocycles. The molecule has 0 aliphatic carbocycles. The van der Waals surface area contributed by atoms with Crippen molar-refractivity contribution < 1.29 is 4.79 Å². The topological polar surface area (TPSA) is 52.9 Å². The first kappa shape index (κ1) is 18.6. The molecule has 0 saturated heterocycles. The highest BCUT2D eigenvalue weighted by Crippen LogP contribution is 2.42. The van der Waals surface area contributed by atoms with Crippen molar-refractivity contribution in [2.24, 2.45) is 0 Å². The van der Waals surface area contributed by atoms with Crippen molar-refractivity contribution in [2.45, 2.75) is 39.5 Å². The van der Waals surface area contributed by atoms with E-state index in [2.05, 4.69) is 18.3 Å².